The number of hydrogen-bond donors (Lipinski definition) is 1. The van der Waals surface area contributed by atoms with Crippen molar-refractivity contribution in [3.63, 3.8) is 0 Å². The molecular weight excluding hydrogens is 376 g/mol. The van der Waals surface area contributed by atoms with Gasteiger partial charge in [0.15, 0.2) is 5.13 Å². The summed E-state index contributed by atoms with van der Waals surface area (Å²) in [4.78, 5) is 29.0. The molecule has 146 valence electrons. The number of thiazole rings is 1. The van der Waals surface area contributed by atoms with Crippen molar-refractivity contribution in [2.45, 2.75) is 39.9 Å². The topological polar surface area (TPSA) is 77.5 Å². The first kappa shape index (κ1) is 19.8. The summed E-state index contributed by atoms with van der Waals surface area (Å²) in [6.45, 7) is 7.47. The van der Waals surface area contributed by atoms with E-state index in [-0.39, 0.29) is 24.1 Å². The summed E-state index contributed by atoms with van der Waals surface area (Å²) in [7, 11) is 0. The standard InChI is InChI=1S/C21H22N2O4S/c1-12(2)26-16-7-5-6-14(10-16)19(24)23-21-22-17-9-8-15(11-18(17)28-21)20(25)27-13(3)4/h5-13H,1-4H3,(H,22,23,24). The Hall–Kier alpha value is -2.93. The van der Waals surface area contributed by atoms with Crippen LogP contribution in [0, 0.1) is 0 Å². The Labute approximate surface area is 167 Å². The lowest BCUT2D eigenvalue weighted by atomic mass is 10.2. The summed E-state index contributed by atoms with van der Waals surface area (Å²) < 4.78 is 11.6. The van der Waals surface area contributed by atoms with Gasteiger partial charge in [0.1, 0.15) is 5.75 Å². The average Bonchev–Trinajstić information content (AvgIpc) is 3.02. The fourth-order valence-corrected chi connectivity index (χ4v) is 3.44. The number of carbonyl (C=O) groups is 2. The second-order valence-corrected chi connectivity index (χ2v) is 7.83. The molecule has 7 heteroatoms. The molecule has 1 heterocycles. The molecule has 3 aromatic rings. The molecule has 0 aliphatic carbocycles. The van der Waals surface area contributed by atoms with Crippen molar-refractivity contribution in [2.75, 3.05) is 5.32 Å². The van der Waals surface area contributed by atoms with Crippen LogP contribution in [0.1, 0.15) is 48.4 Å². The molecule has 0 saturated carbocycles. The predicted molar refractivity (Wildman–Crippen MR) is 110 cm³/mol. The number of benzene rings is 2. The van der Waals surface area contributed by atoms with E-state index in [4.69, 9.17) is 9.47 Å². The van der Waals surface area contributed by atoms with E-state index >= 15 is 0 Å². The number of esters is 1. The molecule has 3 rings (SSSR count). The number of amides is 1. The first-order chi connectivity index (χ1) is 13.3. The van der Waals surface area contributed by atoms with E-state index in [9.17, 15) is 9.59 Å². The van der Waals surface area contributed by atoms with E-state index in [1.54, 1.807) is 50.2 Å². The summed E-state index contributed by atoms with van der Waals surface area (Å²) >= 11 is 1.30. The summed E-state index contributed by atoms with van der Waals surface area (Å²) in [5.41, 5.74) is 1.65. The van der Waals surface area contributed by atoms with Gasteiger partial charge in [-0.1, -0.05) is 17.4 Å². The quantitative estimate of drug-likeness (QED) is 0.598. The first-order valence-corrected chi connectivity index (χ1v) is 9.83. The average molecular weight is 398 g/mol. The van der Waals surface area contributed by atoms with Crippen molar-refractivity contribution < 1.29 is 19.1 Å². The Morgan fingerprint density at radius 3 is 2.50 bits per heavy atom. The Bertz CT molecular complexity index is 1010. The molecule has 1 amide bonds. The second kappa shape index (κ2) is 8.39. The number of aromatic nitrogens is 1. The maximum Gasteiger partial charge on any atom is 0.338 e. The van der Waals surface area contributed by atoms with Crippen LogP contribution >= 0.6 is 11.3 Å². The van der Waals surface area contributed by atoms with Gasteiger partial charge in [-0.25, -0.2) is 9.78 Å². The van der Waals surface area contributed by atoms with Crippen LogP contribution in [0.25, 0.3) is 10.2 Å². The zero-order chi connectivity index (χ0) is 20.3. The highest BCUT2D eigenvalue weighted by atomic mass is 32.1. The van der Waals surface area contributed by atoms with Crippen molar-refractivity contribution in [1.29, 1.82) is 0 Å². The van der Waals surface area contributed by atoms with E-state index in [0.717, 1.165) is 4.70 Å². The van der Waals surface area contributed by atoms with Gasteiger partial charge >= 0.3 is 5.97 Å². The van der Waals surface area contributed by atoms with Crippen LogP contribution in [0.2, 0.25) is 0 Å². The molecule has 0 aliphatic rings. The van der Waals surface area contributed by atoms with E-state index in [1.807, 2.05) is 19.9 Å². The largest absolute Gasteiger partial charge is 0.491 e. The molecule has 6 nitrogen and oxygen atoms in total. The number of rotatable bonds is 6. The van der Waals surface area contributed by atoms with Crippen molar-refractivity contribution >= 4 is 38.6 Å². The second-order valence-electron chi connectivity index (χ2n) is 6.80. The fraction of sp³-hybridized carbons (Fsp3) is 0.286. The molecule has 0 fully saturated rings. The third kappa shape index (κ3) is 4.86. The SMILES string of the molecule is CC(C)OC(=O)c1ccc2nc(NC(=O)c3cccc(OC(C)C)c3)sc2c1. The van der Waals surface area contributed by atoms with Gasteiger partial charge in [0, 0.05) is 5.56 Å². The number of fused-ring (bicyclic) bond motifs is 1. The van der Waals surface area contributed by atoms with Gasteiger partial charge in [0.2, 0.25) is 0 Å². The lowest BCUT2D eigenvalue weighted by Gasteiger charge is -2.10. The Morgan fingerprint density at radius 1 is 1.00 bits per heavy atom. The smallest absolute Gasteiger partial charge is 0.338 e. The minimum atomic E-state index is -0.377. The molecule has 0 atom stereocenters. The first-order valence-electron chi connectivity index (χ1n) is 9.01. The van der Waals surface area contributed by atoms with E-state index in [2.05, 4.69) is 10.3 Å². The van der Waals surface area contributed by atoms with E-state index in [1.165, 1.54) is 11.3 Å². The van der Waals surface area contributed by atoms with Crippen LogP contribution in [0.3, 0.4) is 0 Å². The van der Waals surface area contributed by atoms with Gasteiger partial charge in [-0.2, -0.15) is 0 Å². The number of anilines is 1. The van der Waals surface area contributed by atoms with Crippen LogP contribution in [-0.4, -0.2) is 29.1 Å². The normalized spacial score (nSPS) is 11.1. The molecule has 28 heavy (non-hydrogen) atoms. The fourth-order valence-electron chi connectivity index (χ4n) is 2.54. The monoisotopic (exact) mass is 398 g/mol. The molecule has 2 aromatic carbocycles. The number of carbonyl (C=O) groups excluding carboxylic acids is 2. The van der Waals surface area contributed by atoms with Crippen molar-refractivity contribution in [1.82, 2.24) is 4.98 Å². The minimum absolute atomic E-state index is 0.0270. The third-order valence-electron chi connectivity index (χ3n) is 3.66. The molecule has 0 radical (unpaired) electrons. The van der Waals surface area contributed by atoms with Crippen LogP contribution in [0.5, 0.6) is 5.75 Å². The van der Waals surface area contributed by atoms with E-state index < -0.39 is 0 Å². The lowest BCUT2D eigenvalue weighted by molar-refractivity contribution is 0.0378. The highest BCUT2D eigenvalue weighted by Gasteiger charge is 2.14. The van der Waals surface area contributed by atoms with Gasteiger partial charge in [0.25, 0.3) is 5.91 Å². The molecule has 0 aliphatic heterocycles. The molecular formula is C21H22N2O4S. The number of hydrogen-bond acceptors (Lipinski definition) is 6. The van der Waals surface area contributed by atoms with Gasteiger partial charge in [-0.3, -0.25) is 10.1 Å². The van der Waals surface area contributed by atoms with Crippen LogP contribution in [-0.2, 0) is 4.74 Å². The van der Waals surface area contributed by atoms with Crippen molar-refractivity contribution in [3.05, 3.63) is 53.6 Å². The third-order valence-corrected chi connectivity index (χ3v) is 4.59. The summed E-state index contributed by atoms with van der Waals surface area (Å²) in [6, 6.07) is 12.1. The molecule has 0 bridgehead atoms. The van der Waals surface area contributed by atoms with Crippen LogP contribution in [0.4, 0.5) is 5.13 Å². The van der Waals surface area contributed by atoms with Crippen LogP contribution in [0.15, 0.2) is 42.5 Å². The van der Waals surface area contributed by atoms with Gasteiger partial charge in [-0.05, 0) is 64.1 Å². The Kier molecular flexibility index (Phi) is 5.94. The van der Waals surface area contributed by atoms with Crippen molar-refractivity contribution in [3.8, 4) is 5.75 Å². The maximum absolute atomic E-state index is 12.6. The molecule has 0 unspecified atom stereocenters. The highest BCUT2D eigenvalue weighted by Crippen LogP contribution is 2.28. The number of nitrogens with one attached hydrogen (secondary N) is 1. The van der Waals surface area contributed by atoms with Gasteiger partial charge in [0.05, 0.1) is 28.0 Å². The summed E-state index contributed by atoms with van der Waals surface area (Å²) in [6.07, 6.45) is -0.158. The van der Waals surface area contributed by atoms with Gasteiger partial charge < -0.3 is 9.47 Å². The summed E-state index contributed by atoms with van der Waals surface area (Å²) in [5, 5.41) is 3.27. The molecule has 1 N–H and O–H groups in total. The number of ether oxygens (including phenoxy) is 2. The molecule has 0 spiro atoms. The zero-order valence-electron chi connectivity index (χ0n) is 16.2. The zero-order valence-corrected chi connectivity index (χ0v) is 17.0. The Balaban J connectivity index is 1.77. The summed E-state index contributed by atoms with van der Waals surface area (Å²) in [5.74, 6) is -0.00851. The Morgan fingerprint density at radius 2 is 1.79 bits per heavy atom. The van der Waals surface area contributed by atoms with Crippen LogP contribution < -0.4 is 10.1 Å². The molecule has 0 saturated heterocycles. The van der Waals surface area contributed by atoms with Gasteiger partial charge in [-0.15, -0.1) is 0 Å². The minimum Gasteiger partial charge on any atom is -0.491 e. The lowest BCUT2D eigenvalue weighted by Crippen LogP contribution is -2.12. The molecule has 1 aromatic heterocycles. The predicted octanol–water partition coefficient (Wildman–Crippen LogP) is 4.90. The maximum atomic E-state index is 12.6. The van der Waals surface area contributed by atoms with Crippen molar-refractivity contribution in [2.24, 2.45) is 0 Å². The van der Waals surface area contributed by atoms with E-state index in [0.29, 0.717) is 27.5 Å². The highest BCUT2D eigenvalue weighted by molar-refractivity contribution is 7.22. The number of nitrogens with zero attached hydrogens (tertiary/aromatic N) is 1.